The van der Waals surface area contributed by atoms with Crippen LogP contribution in [0.25, 0.3) is 10.2 Å². The van der Waals surface area contributed by atoms with Gasteiger partial charge in [0.2, 0.25) is 0 Å². The number of rotatable bonds is 7. The number of nitrogens with one attached hydrogen (secondary N) is 1. The number of hydrogen-bond donors (Lipinski definition) is 1. The molecule has 10 heteroatoms. The first-order chi connectivity index (χ1) is 15.5. The number of benzene rings is 1. The van der Waals surface area contributed by atoms with Crippen LogP contribution in [0, 0.1) is 12.7 Å². The van der Waals surface area contributed by atoms with E-state index in [0.29, 0.717) is 59.3 Å². The number of carbonyl (C=O) groups excluding carboxylic acids is 1. The highest BCUT2D eigenvalue weighted by atomic mass is 32.1. The molecule has 1 unspecified atom stereocenters. The minimum atomic E-state index is -0.487. The van der Waals surface area contributed by atoms with Crippen LogP contribution in [0.15, 0.2) is 29.1 Å². The molecule has 3 heterocycles. The van der Waals surface area contributed by atoms with Crippen molar-refractivity contribution in [2.45, 2.75) is 19.6 Å². The number of aryl methyl sites for hydroxylation is 1. The Bertz CT molecular complexity index is 1160. The van der Waals surface area contributed by atoms with Gasteiger partial charge in [-0.15, -0.1) is 11.3 Å². The van der Waals surface area contributed by atoms with Gasteiger partial charge in [0.05, 0.1) is 31.2 Å². The van der Waals surface area contributed by atoms with Crippen LogP contribution in [-0.2, 0) is 20.8 Å². The number of ether oxygens (including phenoxy) is 3. The minimum Gasteiger partial charge on any atom is -0.459 e. The van der Waals surface area contributed by atoms with E-state index in [2.05, 4.69) is 14.9 Å². The van der Waals surface area contributed by atoms with Gasteiger partial charge in [0.15, 0.2) is 0 Å². The summed E-state index contributed by atoms with van der Waals surface area (Å²) in [5.41, 5.74) is 1.19. The first-order valence-corrected chi connectivity index (χ1v) is 11.1. The molecule has 170 valence electrons. The Balaban J connectivity index is 1.51. The summed E-state index contributed by atoms with van der Waals surface area (Å²) in [5.74, 6) is -0.258. The first kappa shape index (κ1) is 22.5. The minimum absolute atomic E-state index is 0.143. The van der Waals surface area contributed by atoms with Crippen LogP contribution in [0.4, 0.5) is 4.39 Å². The molecule has 1 aliphatic rings. The molecule has 0 saturated carbocycles. The number of hydrogen-bond acceptors (Lipinski definition) is 8. The van der Waals surface area contributed by atoms with Crippen molar-refractivity contribution in [1.29, 1.82) is 0 Å². The SMILES string of the molecule is COCCOC(=O)c1sc2nc(CN3CCOC(c4ccc(F)cc4)C3)[nH]c(=O)c2c1C. The third-order valence-corrected chi connectivity index (χ3v) is 6.49. The second-order valence-corrected chi connectivity index (χ2v) is 8.52. The summed E-state index contributed by atoms with van der Waals surface area (Å²) in [6.45, 7) is 4.38. The second-order valence-electron chi connectivity index (χ2n) is 7.52. The van der Waals surface area contributed by atoms with E-state index >= 15 is 0 Å². The molecule has 2 aromatic heterocycles. The number of morpholine rings is 1. The second kappa shape index (κ2) is 9.86. The fourth-order valence-corrected chi connectivity index (χ4v) is 4.77. The maximum absolute atomic E-state index is 13.2. The van der Waals surface area contributed by atoms with E-state index in [4.69, 9.17) is 14.2 Å². The Hall–Kier alpha value is -2.66. The molecule has 1 aliphatic heterocycles. The van der Waals surface area contributed by atoms with Crippen LogP contribution in [0.1, 0.15) is 32.7 Å². The van der Waals surface area contributed by atoms with Crippen LogP contribution in [0.2, 0.25) is 0 Å². The zero-order chi connectivity index (χ0) is 22.7. The van der Waals surface area contributed by atoms with Gasteiger partial charge in [-0.3, -0.25) is 9.69 Å². The van der Waals surface area contributed by atoms with Crippen LogP contribution in [0.3, 0.4) is 0 Å². The van der Waals surface area contributed by atoms with E-state index in [1.807, 2.05) is 0 Å². The van der Waals surface area contributed by atoms with E-state index in [0.717, 1.165) is 16.9 Å². The van der Waals surface area contributed by atoms with Crippen molar-refractivity contribution in [3.8, 4) is 0 Å². The smallest absolute Gasteiger partial charge is 0.348 e. The molecule has 1 aromatic carbocycles. The van der Waals surface area contributed by atoms with E-state index < -0.39 is 5.97 Å². The standard InChI is InChI=1S/C22H24FN3O5S/c1-13-18-20(27)24-17(25-21(18)32-19(13)22(28)31-10-9-29-2)12-26-7-8-30-16(11-26)14-3-5-15(23)6-4-14/h3-6,16H,7-12H2,1-2H3,(H,24,25,27). The van der Waals surface area contributed by atoms with Gasteiger partial charge in [-0.1, -0.05) is 12.1 Å². The van der Waals surface area contributed by atoms with Gasteiger partial charge >= 0.3 is 5.97 Å². The Kier molecular flexibility index (Phi) is 6.95. The normalized spacial score (nSPS) is 17.0. The highest BCUT2D eigenvalue weighted by Gasteiger charge is 2.24. The lowest BCUT2D eigenvalue weighted by atomic mass is 10.1. The molecule has 0 bridgehead atoms. The summed E-state index contributed by atoms with van der Waals surface area (Å²) in [6, 6.07) is 6.28. The van der Waals surface area contributed by atoms with Crippen molar-refractivity contribution in [3.05, 3.63) is 62.3 Å². The van der Waals surface area contributed by atoms with Gasteiger partial charge in [0.25, 0.3) is 5.56 Å². The summed E-state index contributed by atoms with van der Waals surface area (Å²) >= 11 is 1.15. The lowest BCUT2D eigenvalue weighted by molar-refractivity contribution is -0.0336. The van der Waals surface area contributed by atoms with Crippen molar-refractivity contribution >= 4 is 27.5 Å². The zero-order valence-corrected chi connectivity index (χ0v) is 18.7. The molecule has 8 nitrogen and oxygen atoms in total. The van der Waals surface area contributed by atoms with E-state index in [9.17, 15) is 14.0 Å². The Morgan fingerprint density at radius 3 is 2.88 bits per heavy atom. The van der Waals surface area contributed by atoms with Crippen molar-refractivity contribution in [2.75, 3.05) is 40.0 Å². The number of halogens is 1. The average molecular weight is 462 g/mol. The summed E-state index contributed by atoms with van der Waals surface area (Å²) in [6.07, 6.45) is -0.183. The van der Waals surface area contributed by atoms with E-state index in [1.165, 1.54) is 19.2 Å². The maximum Gasteiger partial charge on any atom is 0.348 e. The van der Waals surface area contributed by atoms with Crippen LogP contribution in [-0.4, -0.2) is 60.9 Å². The first-order valence-electron chi connectivity index (χ1n) is 10.2. The third kappa shape index (κ3) is 4.88. The third-order valence-electron chi connectivity index (χ3n) is 5.32. The molecule has 0 amide bonds. The molecule has 1 atom stereocenters. The average Bonchev–Trinajstić information content (AvgIpc) is 3.11. The van der Waals surface area contributed by atoms with Gasteiger partial charge in [-0.25, -0.2) is 14.2 Å². The lowest BCUT2D eigenvalue weighted by Gasteiger charge is -2.32. The summed E-state index contributed by atoms with van der Waals surface area (Å²) in [5, 5.41) is 0.406. The molecule has 1 N–H and O–H groups in total. The summed E-state index contributed by atoms with van der Waals surface area (Å²) in [4.78, 5) is 35.5. The van der Waals surface area contributed by atoms with Crippen molar-refractivity contribution in [3.63, 3.8) is 0 Å². The Labute approximate surface area is 187 Å². The fraction of sp³-hybridized carbons (Fsp3) is 0.409. The summed E-state index contributed by atoms with van der Waals surface area (Å²) < 4.78 is 29.1. The van der Waals surface area contributed by atoms with Gasteiger partial charge < -0.3 is 19.2 Å². The molecule has 4 rings (SSSR count). The molecular formula is C22H24FN3O5S. The molecular weight excluding hydrogens is 437 g/mol. The lowest BCUT2D eigenvalue weighted by Crippen LogP contribution is -2.38. The molecule has 32 heavy (non-hydrogen) atoms. The summed E-state index contributed by atoms with van der Waals surface area (Å²) in [7, 11) is 1.53. The zero-order valence-electron chi connectivity index (χ0n) is 17.9. The molecule has 0 radical (unpaired) electrons. The van der Waals surface area contributed by atoms with Crippen molar-refractivity contribution in [1.82, 2.24) is 14.9 Å². The van der Waals surface area contributed by atoms with E-state index in [-0.39, 0.29) is 24.1 Å². The number of thiophene rings is 1. The number of esters is 1. The fourth-order valence-electron chi connectivity index (χ4n) is 3.68. The number of aromatic amines is 1. The molecule has 0 spiro atoms. The molecule has 1 fully saturated rings. The van der Waals surface area contributed by atoms with Gasteiger partial charge in [0.1, 0.15) is 28.0 Å². The van der Waals surface area contributed by atoms with Gasteiger partial charge in [0, 0.05) is 20.2 Å². The highest BCUT2D eigenvalue weighted by molar-refractivity contribution is 7.20. The largest absolute Gasteiger partial charge is 0.459 e. The predicted molar refractivity (Wildman–Crippen MR) is 118 cm³/mol. The number of fused-ring (bicyclic) bond motifs is 1. The maximum atomic E-state index is 13.2. The number of carbonyl (C=O) groups is 1. The molecule has 3 aromatic rings. The number of nitrogens with zero attached hydrogens (tertiary/aromatic N) is 2. The monoisotopic (exact) mass is 461 g/mol. The van der Waals surface area contributed by atoms with Crippen LogP contribution < -0.4 is 5.56 Å². The quantitative estimate of drug-likeness (QED) is 0.427. The van der Waals surface area contributed by atoms with Gasteiger partial charge in [-0.2, -0.15) is 0 Å². The Morgan fingerprint density at radius 1 is 1.34 bits per heavy atom. The van der Waals surface area contributed by atoms with Crippen molar-refractivity contribution < 1.29 is 23.4 Å². The number of methoxy groups -OCH3 is 1. The van der Waals surface area contributed by atoms with Gasteiger partial charge in [-0.05, 0) is 30.2 Å². The number of H-pyrrole nitrogens is 1. The van der Waals surface area contributed by atoms with Crippen LogP contribution >= 0.6 is 11.3 Å². The predicted octanol–water partition coefficient (Wildman–Crippen LogP) is 2.81. The number of aromatic nitrogens is 2. The van der Waals surface area contributed by atoms with Crippen molar-refractivity contribution in [2.24, 2.45) is 0 Å². The molecule has 1 saturated heterocycles. The highest BCUT2D eigenvalue weighted by Crippen LogP contribution is 2.28. The molecule has 0 aliphatic carbocycles. The topological polar surface area (TPSA) is 93.8 Å². The van der Waals surface area contributed by atoms with E-state index in [1.54, 1.807) is 19.1 Å². The van der Waals surface area contributed by atoms with Crippen LogP contribution in [0.5, 0.6) is 0 Å². The Morgan fingerprint density at radius 2 is 2.12 bits per heavy atom.